The van der Waals surface area contributed by atoms with Crippen molar-refractivity contribution in [2.24, 2.45) is 5.41 Å². The fraction of sp³-hybridized carbons (Fsp3) is 1.00. The fourth-order valence-electron chi connectivity index (χ4n) is 3.54. The van der Waals surface area contributed by atoms with E-state index in [2.05, 4.69) is 5.32 Å². The van der Waals surface area contributed by atoms with Crippen LogP contribution in [-0.2, 0) is 0 Å². The first-order chi connectivity index (χ1) is 6.87. The van der Waals surface area contributed by atoms with Gasteiger partial charge in [-0.05, 0) is 31.1 Å². The third kappa shape index (κ3) is 1.95. The van der Waals surface area contributed by atoms with Gasteiger partial charge in [-0.3, -0.25) is 0 Å². The maximum Gasteiger partial charge on any atom is 0.102 e. The van der Waals surface area contributed by atoms with E-state index in [1.165, 1.54) is 51.4 Å². The second-order valence-corrected chi connectivity index (χ2v) is 5.01. The minimum atomic E-state index is -0.216. The van der Waals surface area contributed by atoms with Crippen LogP contribution in [0.5, 0.6) is 0 Å². The van der Waals surface area contributed by atoms with Crippen molar-refractivity contribution < 1.29 is 4.39 Å². The number of hydrogen-bond donors (Lipinski definition) is 1. The molecule has 0 bridgehead atoms. The summed E-state index contributed by atoms with van der Waals surface area (Å²) >= 11 is 0. The zero-order chi connectivity index (χ0) is 9.86. The molecule has 1 atom stereocenters. The fourth-order valence-corrected chi connectivity index (χ4v) is 3.54. The second kappa shape index (κ2) is 4.61. The van der Waals surface area contributed by atoms with Gasteiger partial charge in [0.15, 0.2) is 0 Å². The zero-order valence-corrected chi connectivity index (χ0v) is 9.03. The van der Waals surface area contributed by atoms with Crippen molar-refractivity contribution in [2.75, 3.05) is 13.2 Å². The quantitative estimate of drug-likeness (QED) is 0.736. The van der Waals surface area contributed by atoms with E-state index < -0.39 is 0 Å². The molecule has 2 heteroatoms. The number of nitrogens with one attached hydrogen (secondary N) is 1. The van der Waals surface area contributed by atoms with Gasteiger partial charge in [-0.25, -0.2) is 4.39 Å². The van der Waals surface area contributed by atoms with Gasteiger partial charge in [0.1, 0.15) is 6.67 Å². The normalized spacial score (nSPS) is 31.1. The van der Waals surface area contributed by atoms with Crippen LogP contribution in [0.4, 0.5) is 4.39 Å². The van der Waals surface area contributed by atoms with E-state index in [4.69, 9.17) is 0 Å². The third-order valence-corrected chi connectivity index (χ3v) is 4.24. The molecule has 2 aliphatic carbocycles. The molecular weight excluding hydrogens is 177 g/mol. The first kappa shape index (κ1) is 10.4. The molecule has 2 fully saturated rings. The largest absolute Gasteiger partial charge is 0.311 e. The Balaban J connectivity index is 1.93. The van der Waals surface area contributed by atoms with Gasteiger partial charge < -0.3 is 5.32 Å². The van der Waals surface area contributed by atoms with E-state index in [0.29, 0.717) is 18.0 Å². The van der Waals surface area contributed by atoms with Gasteiger partial charge in [-0.2, -0.15) is 0 Å². The summed E-state index contributed by atoms with van der Waals surface area (Å²) in [5.41, 5.74) is 0.563. The van der Waals surface area contributed by atoms with Crippen molar-refractivity contribution >= 4 is 0 Å². The smallest absolute Gasteiger partial charge is 0.102 e. The minimum absolute atomic E-state index is 0.216. The van der Waals surface area contributed by atoms with Gasteiger partial charge >= 0.3 is 0 Å². The first-order valence-electron chi connectivity index (χ1n) is 6.17. The van der Waals surface area contributed by atoms with Crippen LogP contribution in [0.3, 0.4) is 0 Å². The topological polar surface area (TPSA) is 12.0 Å². The van der Waals surface area contributed by atoms with Crippen molar-refractivity contribution in [1.82, 2.24) is 5.32 Å². The Morgan fingerprint density at radius 2 is 1.79 bits per heavy atom. The summed E-state index contributed by atoms with van der Waals surface area (Å²) < 4.78 is 12.1. The van der Waals surface area contributed by atoms with E-state index in [0.717, 1.165) is 0 Å². The molecule has 0 aromatic carbocycles. The maximum atomic E-state index is 12.1. The Morgan fingerprint density at radius 3 is 2.50 bits per heavy atom. The number of rotatable bonds is 3. The lowest BCUT2D eigenvalue weighted by Gasteiger charge is -2.39. The van der Waals surface area contributed by atoms with Crippen LogP contribution in [0.15, 0.2) is 0 Å². The summed E-state index contributed by atoms with van der Waals surface area (Å²) in [6, 6.07) is 0.624. The molecule has 1 N–H and O–H groups in total. The molecule has 2 saturated carbocycles. The molecule has 2 rings (SSSR count). The Bertz CT molecular complexity index is 175. The summed E-state index contributed by atoms with van der Waals surface area (Å²) in [7, 11) is 0. The van der Waals surface area contributed by atoms with Crippen LogP contribution in [0.25, 0.3) is 0 Å². The summed E-state index contributed by atoms with van der Waals surface area (Å²) in [5, 5.41) is 3.42. The molecule has 2 aliphatic rings. The van der Waals surface area contributed by atoms with Gasteiger partial charge in [0.2, 0.25) is 0 Å². The van der Waals surface area contributed by atoms with Crippen LogP contribution in [-0.4, -0.2) is 19.3 Å². The highest BCUT2D eigenvalue weighted by atomic mass is 19.1. The average molecular weight is 199 g/mol. The van der Waals surface area contributed by atoms with Gasteiger partial charge in [0.05, 0.1) is 0 Å². The molecule has 1 nitrogen and oxygen atoms in total. The average Bonchev–Trinajstić information content (AvgIpc) is 2.59. The predicted octanol–water partition coefficient (Wildman–Crippen LogP) is 3.05. The summed E-state index contributed by atoms with van der Waals surface area (Å²) in [4.78, 5) is 0. The Kier molecular flexibility index (Phi) is 3.42. The highest BCUT2D eigenvalue weighted by molar-refractivity contribution is 4.97. The van der Waals surface area contributed by atoms with Crippen molar-refractivity contribution in [3.8, 4) is 0 Å². The highest BCUT2D eigenvalue weighted by Crippen LogP contribution is 2.48. The first-order valence-corrected chi connectivity index (χ1v) is 6.17. The molecule has 1 unspecified atom stereocenters. The lowest BCUT2D eigenvalue weighted by Crippen LogP contribution is -2.43. The molecule has 0 aromatic rings. The molecule has 0 aromatic heterocycles. The van der Waals surface area contributed by atoms with E-state index in [9.17, 15) is 4.39 Å². The summed E-state index contributed by atoms with van der Waals surface area (Å²) in [6.45, 7) is 0.346. The van der Waals surface area contributed by atoms with Crippen molar-refractivity contribution in [1.29, 1.82) is 0 Å². The van der Waals surface area contributed by atoms with E-state index in [1.54, 1.807) is 0 Å². The van der Waals surface area contributed by atoms with Gasteiger partial charge in [0.25, 0.3) is 0 Å². The SMILES string of the molecule is FCCNC1CCCC12CCCCC2. The van der Waals surface area contributed by atoms with Crippen LogP contribution in [0.2, 0.25) is 0 Å². The number of halogens is 1. The van der Waals surface area contributed by atoms with E-state index in [1.807, 2.05) is 0 Å². The number of hydrogen-bond acceptors (Lipinski definition) is 1. The van der Waals surface area contributed by atoms with E-state index in [-0.39, 0.29) is 6.67 Å². The van der Waals surface area contributed by atoms with Crippen LogP contribution in [0, 0.1) is 5.41 Å². The third-order valence-electron chi connectivity index (χ3n) is 4.24. The van der Waals surface area contributed by atoms with Crippen molar-refractivity contribution in [3.63, 3.8) is 0 Å². The molecule has 1 spiro atoms. The molecule has 0 saturated heterocycles. The van der Waals surface area contributed by atoms with Crippen molar-refractivity contribution in [2.45, 2.75) is 57.4 Å². The van der Waals surface area contributed by atoms with E-state index >= 15 is 0 Å². The molecule has 0 aliphatic heterocycles. The minimum Gasteiger partial charge on any atom is -0.311 e. The van der Waals surface area contributed by atoms with Gasteiger partial charge in [0, 0.05) is 12.6 Å². The molecule has 0 radical (unpaired) electrons. The van der Waals surface area contributed by atoms with Crippen molar-refractivity contribution in [3.05, 3.63) is 0 Å². The molecular formula is C12H22FN. The molecule has 82 valence electrons. The Hall–Kier alpha value is -0.110. The Labute approximate surface area is 86.5 Å². The summed E-state index contributed by atoms with van der Waals surface area (Å²) in [6.07, 6.45) is 11.0. The Morgan fingerprint density at radius 1 is 1.07 bits per heavy atom. The highest BCUT2D eigenvalue weighted by Gasteiger charge is 2.42. The number of alkyl halides is 1. The summed E-state index contributed by atoms with van der Waals surface area (Å²) in [5.74, 6) is 0. The molecule has 14 heavy (non-hydrogen) atoms. The van der Waals surface area contributed by atoms with Gasteiger partial charge in [-0.15, -0.1) is 0 Å². The maximum absolute atomic E-state index is 12.1. The van der Waals surface area contributed by atoms with Crippen LogP contribution < -0.4 is 5.32 Å². The van der Waals surface area contributed by atoms with Gasteiger partial charge in [-0.1, -0.05) is 25.7 Å². The standard InChI is InChI=1S/C12H22FN/c13-9-10-14-11-5-4-8-12(11)6-2-1-3-7-12/h11,14H,1-10H2. The monoisotopic (exact) mass is 199 g/mol. The molecule has 0 heterocycles. The second-order valence-electron chi connectivity index (χ2n) is 5.01. The zero-order valence-electron chi connectivity index (χ0n) is 9.03. The molecule has 0 amide bonds. The predicted molar refractivity (Wildman–Crippen MR) is 57.1 cm³/mol. The lowest BCUT2D eigenvalue weighted by molar-refractivity contribution is 0.148. The van der Waals surface area contributed by atoms with Crippen LogP contribution >= 0.6 is 0 Å². The lowest BCUT2D eigenvalue weighted by atomic mass is 9.70. The van der Waals surface area contributed by atoms with Crippen LogP contribution in [0.1, 0.15) is 51.4 Å².